The van der Waals surface area contributed by atoms with E-state index in [-0.39, 0.29) is 5.91 Å². The predicted molar refractivity (Wildman–Crippen MR) is 90.5 cm³/mol. The molecule has 2 aromatic rings. The predicted octanol–water partition coefficient (Wildman–Crippen LogP) is 2.05. The molecule has 2 aromatic heterocycles. The van der Waals surface area contributed by atoms with Crippen LogP contribution in [0, 0.1) is 0 Å². The van der Waals surface area contributed by atoms with Crippen LogP contribution in [0.2, 0.25) is 0 Å². The fraction of sp³-hybridized carbons (Fsp3) is 0.467. The number of fused-ring (bicyclic) bond motifs is 1. The number of aromatic nitrogens is 2. The summed E-state index contributed by atoms with van der Waals surface area (Å²) < 4.78 is 28.4. The molecule has 1 saturated carbocycles. The Morgan fingerprint density at radius 3 is 2.96 bits per heavy atom. The number of amides is 1. The number of H-pyrrole nitrogens is 1. The maximum absolute atomic E-state index is 12.7. The Morgan fingerprint density at radius 2 is 2.25 bits per heavy atom. The third-order valence-corrected chi connectivity index (χ3v) is 7.53. The van der Waals surface area contributed by atoms with Crippen molar-refractivity contribution in [2.24, 2.45) is 0 Å². The fourth-order valence-electron chi connectivity index (χ4n) is 2.96. The second kappa shape index (κ2) is 5.59. The molecule has 0 unspecified atom stereocenters. The van der Waals surface area contributed by atoms with E-state index < -0.39 is 10.0 Å². The monoisotopic (exact) mass is 366 g/mol. The van der Waals surface area contributed by atoms with Gasteiger partial charge in [0.15, 0.2) is 0 Å². The van der Waals surface area contributed by atoms with Crippen LogP contribution in [0.5, 0.6) is 0 Å². The average molecular weight is 366 g/mol. The van der Waals surface area contributed by atoms with Gasteiger partial charge >= 0.3 is 0 Å². The zero-order valence-electron chi connectivity index (χ0n) is 13.2. The first-order chi connectivity index (χ1) is 11.4. The quantitative estimate of drug-likeness (QED) is 0.866. The summed E-state index contributed by atoms with van der Waals surface area (Å²) in [7, 11) is -3.64. The molecule has 1 amide bonds. The Labute approximate surface area is 144 Å². The number of hydrogen-bond acceptors (Lipinski definition) is 5. The molecule has 0 atom stereocenters. The Morgan fingerprint density at radius 1 is 1.46 bits per heavy atom. The second-order valence-electron chi connectivity index (χ2n) is 6.28. The van der Waals surface area contributed by atoms with Crippen LogP contribution in [-0.2, 0) is 27.8 Å². The van der Waals surface area contributed by atoms with Crippen molar-refractivity contribution in [1.29, 1.82) is 0 Å². The van der Waals surface area contributed by atoms with Crippen LogP contribution in [0.15, 0.2) is 16.5 Å². The summed E-state index contributed by atoms with van der Waals surface area (Å²) in [5.41, 5.74) is 2.33. The molecule has 2 aliphatic rings. The molecule has 0 spiro atoms. The minimum absolute atomic E-state index is 0.0156. The van der Waals surface area contributed by atoms with Crippen molar-refractivity contribution in [3.05, 3.63) is 28.4 Å². The standard InChI is InChI=1S/C15H18N4O3S2/c1-9(20)19-5-4-13-11(8-19)6-14(23-13)24(21,22)18-12-7-16-17-15(12)10-2-3-10/h6-7,10,18H,2-5,8H2,1H3,(H,16,17). The number of hydrogen-bond donors (Lipinski definition) is 2. The topological polar surface area (TPSA) is 95.2 Å². The lowest BCUT2D eigenvalue weighted by atomic mass is 10.1. The minimum Gasteiger partial charge on any atom is -0.338 e. The Balaban J connectivity index is 1.59. The highest BCUT2D eigenvalue weighted by Gasteiger charge is 2.30. The number of sulfonamides is 1. The van der Waals surface area contributed by atoms with Crippen LogP contribution in [0.25, 0.3) is 0 Å². The molecule has 9 heteroatoms. The van der Waals surface area contributed by atoms with E-state index in [1.807, 2.05) is 0 Å². The molecule has 128 valence electrons. The summed E-state index contributed by atoms with van der Waals surface area (Å²) in [5, 5.41) is 6.85. The molecule has 4 rings (SSSR count). The molecule has 3 heterocycles. The second-order valence-corrected chi connectivity index (χ2v) is 9.33. The van der Waals surface area contributed by atoms with Crippen molar-refractivity contribution >= 4 is 33.0 Å². The van der Waals surface area contributed by atoms with Gasteiger partial charge in [-0.25, -0.2) is 8.42 Å². The van der Waals surface area contributed by atoms with E-state index >= 15 is 0 Å². The maximum atomic E-state index is 12.7. The third kappa shape index (κ3) is 2.82. The summed E-state index contributed by atoms with van der Waals surface area (Å²) in [6, 6.07) is 1.69. The van der Waals surface area contributed by atoms with E-state index in [4.69, 9.17) is 0 Å². The average Bonchev–Trinajstić information content (AvgIpc) is 3.11. The number of thiophene rings is 1. The van der Waals surface area contributed by atoms with Crippen molar-refractivity contribution in [1.82, 2.24) is 15.1 Å². The Kier molecular flexibility index (Phi) is 3.65. The lowest BCUT2D eigenvalue weighted by molar-refractivity contribution is -0.129. The number of anilines is 1. The van der Waals surface area contributed by atoms with Gasteiger partial charge in [0.1, 0.15) is 4.21 Å². The van der Waals surface area contributed by atoms with Crippen LogP contribution in [0.4, 0.5) is 5.69 Å². The van der Waals surface area contributed by atoms with E-state index in [0.29, 0.717) is 35.3 Å². The highest BCUT2D eigenvalue weighted by molar-refractivity contribution is 7.94. The molecule has 1 aliphatic heterocycles. The van der Waals surface area contributed by atoms with Crippen LogP contribution in [-0.4, -0.2) is 36.0 Å². The van der Waals surface area contributed by atoms with Gasteiger partial charge in [0.05, 0.1) is 17.6 Å². The van der Waals surface area contributed by atoms with Crippen molar-refractivity contribution in [2.45, 2.75) is 42.9 Å². The Bertz CT molecular complexity index is 896. The molecule has 0 radical (unpaired) electrons. The van der Waals surface area contributed by atoms with Crippen LogP contribution in [0.1, 0.15) is 41.8 Å². The summed E-state index contributed by atoms with van der Waals surface area (Å²) in [6.45, 7) is 2.66. The van der Waals surface area contributed by atoms with Crippen LogP contribution in [0.3, 0.4) is 0 Å². The molecular weight excluding hydrogens is 348 g/mol. The summed E-state index contributed by atoms with van der Waals surface area (Å²) in [5.74, 6) is 0.396. The lowest BCUT2D eigenvalue weighted by Crippen LogP contribution is -2.33. The minimum atomic E-state index is -3.64. The van der Waals surface area contributed by atoms with Gasteiger partial charge in [-0.3, -0.25) is 14.6 Å². The van der Waals surface area contributed by atoms with Crippen LogP contribution >= 0.6 is 11.3 Å². The number of nitrogens with one attached hydrogen (secondary N) is 2. The third-order valence-electron chi connectivity index (χ3n) is 4.45. The maximum Gasteiger partial charge on any atom is 0.271 e. The molecule has 7 nitrogen and oxygen atoms in total. The molecule has 24 heavy (non-hydrogen) atoms. The molecule has 0 aromatic carbocycles. The molecule has 1 aliphatic carbocycles. The first-order valence-electron chi connectivity index (χ1n) is 7.87. The first-order valence-corrected chi connectivity index (χ1v) is 10.2. The normalized spacial score (nSPS) is 17.6. The van der Waals surface area contributed by atoms with Crippen molar-refractivity contribution in [2.75, 3.05) is 11.3 Å². The highest BCUT2D eigenvalue weighted by atomic mass is 32.2. The van der Waals surface area contributed by atoms with Crippen molar-refractivity contribution < 1.29 is 13.2 Å². The van der Waals surface area contributed by atoms with E-state index in [1.54, 1.807) is 11.0 Å². The Hall–Kier alpha value is -1.87. The van der Waals surface area contributed by atoms with E-state index in [1.165, 1.54) is 24.5 Å². The van der Waals surface area contributed by atoms with E-state index in [9.17, 15) is 13.2 Å². The highest BCUT2D eigenvalue weighted by Crippen LogP contribution is 2.42. The van der Waals surface area contributed by atoms with Gasteiger partial charge in [-0.1, -0.05) is 0 Å². The van der Waals surface area contributed by atoms with Gasteiger partial charge < -0.3 is 4.90 Å². The molecule has 2 N–H and O–H groups in total. The van der Waals surface area contributed by atoms with Crippen molar-refractivity contribution in [3.8, 4) is 0 Å². The zero-order chi connectivity index (χ0) is 16.9. The molecule has 0 bridgehead atoms. The van der Waals surface area contributed by atoms with Gasteiger partial charge in [-0.05, 0) is 30.9 Å². The number of rotatable bonds is 4. The SMILES string of the molecule is CC(=O)N1CCc2sc(S(=O)(=O)Nc3cn[nH]c3C3CC3)cc2C1. The van der Waals surface area contributed by atoms with Gasteiger partial charge in [0, 0.05) is 30.8 Å². The lowest BCUT2D eigenvalue weighted by Gasteiger charge is -2.25. The smallest absolute Gasteiger partial charge is 0.271 e. The number of aromatic amines is 1. The molecular formula is C15H18N4O3S2. The van der Waals surface area contributed by atoms with Gasteiger partial charge in [0.25, 0.3) is 10.0 Å². The molecule has 1 fully saturated rings. The summed E-state index contributed by atoms with van der Waals surface area (Å²) in [4.78, 5) is 14.3. The van der Waals surface area contributed by atoms with Crippen molar-refractivity contribution in [3.63, 3.8) is 0 Å². The largest absolute Gasteiger partial charge is 0.338 e. The summed E-state index contributed by atoms with van der Waals surface area (Å²) >= 11 is 1.29. The fourth-order valence-corrected chi connectivity index (χ4v) is 5.57. The summed E-state index contributed by atoms with van der Waals surface area (Å²) in [6.07, 6.45) is 4.35. The van der Waals surface area contributed by atoms with E-state index in [2.05, 4.69) is 14.9 Å². The van der Waals surface area contributed by atoms with Gasteiger partial charge in [-0.2, -0.15) is 5.10 Å². The van der Waals surface area contributed by atoms with E-state index in [0.717, 1.165) is 29.0 Å². The van der Waals surface area contributed by atoms with Crippen LogP contribution < -0.4 is 4.72 Å². The van der Waals surface area contributed by atoms with Gasteiger partial charge in [0.2, 0.25) is 5.91 Å². The number of nitrogens with zero attached hydrogens (tertiary/aromatic N) is 2. The molecule has 0 saturated heterocycles. The first kappa shape index (κ1) is 15.6. The van der Waals surface area contributed by atoms with Gasteiger partial charge in [-0.15, -0.1) is 11.3 Å². The number of carbonyl (C=O) groups is 1. The number of carbonyl (C=O) groups excluding carboxylic acids is 1. The zero-order valence-corrected chi connectivity index (χ0v) is 14.8.